The molecule has 132 valence electrons. The molecule has 0 bridgehead atoms. The molecule has 1 amide bonds. The summed E-state index contributed by atoms with van der Waals surface area (Å²) in [6, 6.07) is 20.0. The average Bonchev–Trinajstić information content (AvgIpc) is 2.68. The number of rotatable bonds is 7. The number of thioether (sulfide) groups is 1. The lowest BCUT2D eigenvalue weighted by molar-refractivity contribution is -0.121. The van der Waals surface area contributed by atoms with Gasteiger partial charge >= 0.3 is 0 Å². The lowest BCUT2D eigenvalue weighted by Gasteiger charge is -2.22. The fourth-order valence-electron chi connectivity index (χ4n) is 3.13. The summed E-state index contributed by atoms with van der Waals surface area (Å²) in [6.45, 7) is 2.44. The predicted octanol–water partition coefficient (Wildman–Crippen LogP) is 3.85. The molecule has 25 heavy (non-hydrogen) atoms. The van der Waals surface area contributed by atoms with Crippen LogP contribution in [0.15, 0.2) is 60.7 Å². The van der Waals surface area contributed by atoms with Crippen LogP contribution < -0.4 is 5.32 Å². The molecule has 0 radical (unpaired) electrons. The van der Waals surface area contributed by atoms with Gasteiger partial charge in [-0.3, -0.25) is 4.79 Å². The van der Waals surface area contributed by atoms with E-state index >= 15 is 0 Å². The van der Waals surface area contributed by atoms with Crippen molar-refractivity contribution < 1.29 is 9.53 Å². The van der Waals surface area contributed by atoms with E-state index < -0.39 is 0 Å². The summed E-state index contributed by atoms with van der Waals surface area (Å²) in [5.74, 6) is 0.771. The van der Waals surface area contributed by atoms with E-state index in [-0.39, 0.29) is 11.8 Å². The predicted molar refractivity (Wildman–Crippen MR) is 104 cm³/mol. The van der Waals surface area contributed by atoms with Gasteiger partial charge in [0.15, 0.2) is 0 Å². The van der Waals surface area contributed by atoms with Crippen LogP contribution in [0.2, 0.25) is 0 Å². The number of carbonyl (C=O) groups is 1. The molecule has 0 atom stereocenters. The monoisotopic (exact) mass is 355 g/mol. The summed E-state index contributed by atoms with van der Waals surface area (Å²) >= 11 is 1.95. The molecular weight excluding hydrogens is 330 g/mol. The summed E-state index contributed by atoms with van der Waals surface area (Å²) in [5.41, 5.74) is 2.06. The van der Waals surface area contributed by atoms with Crippen molar-refractivity contribution in [2.75, 3.05) is 25.5 Å². The van der Waals surface area contributed by atoms with Gasteiger partial charge in [-0.2, -0.15) is 11.8 Å². The summed E-state index contributed by atoms with van der Waals surface area (Å²) in [4.78, 5) is 12.9. The van der Waals surface area contributed by atoms with Crippen LogP contribution in [0.3, 0.4) is 0 Å². The zero-order chi connectivity index (χ0) is 17.3. The van der Waals surface area contributed by atoms with Crippen molar-refractivity contribution in [3.63, 3.8) is 0 Å². The zero-order valence-corrected chi connectivity index (χ0v) is 15.2. The first-order valence-electron chi connectivity index (χ1n) is 8.91. The second-order valence-corrected chi connectivity index (χ2v) is 7.64. The van der Waals surface area contributed by atoms with Gasteiger partial charge in [0.2, 0.25) is 5.91 Å². The van der Waals surface area contributed by atoms with Gasteiger partial charge in [0.1, 0.15) is 0 Å². The maximum atomic E-state index is 12.9. The Bertz CT molecular complexity index is 602. The number of ether oxygens (including phenoxy) is 1. The summed E-state index contributed by atoms with van der Waals surface area (Å²) in [6.07, 6.45) is 2.24. The highest BCUT2D eigenvalue weighted by molar-refractivity contribution is 7.99. The number of hydrogen-bond acceptors (Lipinski definition) is 3. The van der Waals surface area contributed by atoms with Crippen LogP contribution in [0.1, 0.15) is 29.9 Å². The summed E-state index contributed by atoms with van der Waals surface area (Å²) < 4.78 is 5.39. The van der Waals surface area contributed by atoms with Gasteiger partial charge < -0.3 is 10.1 Å². The Kier molecular flexibility index (Phi) is 6.95. The summed E-state index contributed by atoms with van der Waals surface area (Å²) in [7, 11) is 0. The van der Waals surface area contributed by atoms with E-state index in [0.717, 1.165) is 42.9 Å². The largest absolute Gasteiger partial charge is 0.381 e. The molecule has 0 spiro atoms. The number of hydrogen-bond donors (Lipinski definition) is 1. The molecule has 1 heterocycles. The minimum atomic E-state index is -0.254. The van der Waals surface area contributed by atoms with Crippen molar-refractivity contribution in [1.29, 1.82) is 0 Å². The minimum absolute atomic E-state index is 0.0741. The smallest absolute Gasteiger partial charge is 0.232 e. The van der Waals surface area contributed by atoms with Crippen LogP contribution in [-0.2, 0) is 9.53 Å². The second-order valence-electron chi connectivity index (χ2n) is 6.23. The van der Waals surface area contributed by atoms with E-state index in [1.807, 2.05) is 72.4 Å². The average molecular weight is 356 g/mol. The van der Waals surface area contributed by atoms with Crippen molar-refractivity contribution in [3.8, 4) is 0 Å². The number of nitrogens with one attached hydrogen (secondary N) is 1. The van der Waals surface area contributed by atoms with Crippen molar-refractivity contribution in [2.24, 2.45) is 0 Å². The van der Waals surface area contributed by atoms with Gasteiger partial charge in [-0.05, 0) is 24.0 Å². The Morgan fingerprint density at radius 1 is 1.00 bits per heavy atom. The van der Waals surface area contributed by atoms with E-state index in [0.29, 0.717) is 11.8 Å². The van der Waals surface area contributed by atoms with Crippen molar-refractivity contribution in [2.45, 2.75) is 24.0 Å². The molecule has 1 fully saturated rings. The molecule has 0 aromatic heterocycles. The molecule has 1 N–H and O–H groups in total. The number of carbonyl (C=O) groups excluding carboxylic acids is 1. The normalized spacial score (nSPS) is 15.2. The van der Waals surface area contributed by atoms with Crippen LogP contribution in [-0.4, -0.2) is 36.7 Å². The van der Waals surface area contributed by atoms with E-state index in [1.54, 1.807) is 0 Å². The van der Waals surface area contributed by atoms with Crippen LogP contribution >= 0.6 is 11.8 Å². The lowest BCUT2D eigenvalue weighted by Crippen LogP contribution is -2.32. The molecule has 2 aromatic rings. The number of amides is 1. The van der Waals surface area contributed by atoms with Gasteiger partial charge in [0.25, 0.3) is 0 Å². The fourth-order valence-corrected chi connectivity index (χ4v) is 4.21. The third-order valence-electron chi connectivity index (χ3n) is 4.45. The Morgan fingerprint density at radius 2 is 1.56 bits per heavy atom. The van der Waals surface area contributed by atoms with Crippen LogP contribution in [0.5, 0.6) is 0 Å². The molecular formula is C21H25NO2S. The Balaban J connectivity index is 1.58. The molecule has 0 aliphatic carbocycles. The molecule has 4 heteroatoms. The first-order valence-corrected chi connectivity index (χ1v) is 9.96. The van der Waals surface area contributed by atoms with Crippen molar-refractivity contribution in [3.05, 3.63) is 71.8 Å². The van der Waals surface area contributed by atoms with Crippen LogP contribution in [0, 0.1) is 0 Å². The highest BCUT2D eigenvalue weighted by Crippen LogP contribution is 2.25. The number of benzene rings is 2. The minimum Gasteiger partial charge on any atom is -0.381 e. The van der Waals surface area contributed by atoms with Crippen LogP contribution in [0.25, 0.3) is 0 Å². The van der Waals surface area contributed by atoms with Crippen LogP contribution in [0.4, 0.5) is 0 Å². The SMILES string of the molecule is O=C(NCCSC1CCOCC1)C(c1ccccc1)c1ccccc1. The van der Waals surface area contributed by atoms with Gasteiger partial charge in [0, 0.05) is 30.8 Å². The second kappa shape index (κ2) is 9.64. The van der Waals surface area contributed by atoms with Gasteiger partial charge in [-0.15, -0.1) is 0 Å². The van der Waals surface area contributed by atoms with Crippen molar-refractivity contribution in [1.82, 2.24) is 5.32 Å². The molecule has 3 nitrogen and oxygen atoms in total. The Labute approximate surface area is 154 Å². The Hall–Kier alpha value is -1.78. The van der Waals surface area contributed by atoms with E-state index in [2.05, 4.69) is 5.32 Å². The molecule has 3 rings (SSSR count). The van der Waals surface area contributed by atoms with E-state index in [9.17, 15) is 4.79 Å². The van der Waals surface area contributed by atoms with Crippen molar-refractivity contribution >= 4 is 17.7 Å². The van der Waals surface area contributed by atoms with Gasteiger partial charge in [0.05, 0.1) is 5.92 Å². The fraction of sp³-hybridized carbons (Fsp3) is 0.381. The first kappa shape index (κ1) is 18.0. The molecule has 1 aliphatic heterocycles. The third kappa shape index (κ3) is 5.35. The molecule has 1 saturated heterocycles. The molecule has 0 unspecified atom stereocenters. The first-order chi connectivity index (χ1) is 12.3. The summed E-state index contributed by atoms with van der Waals surface area (Å²) in [5, 5.41) is 3.80. The lowest BCUT2D eigenvalue weighted by atomic mass is 9.90. The topological polar surface area (TPSA) is 38.3 Å². The highest BCUT2D eigenvalue weighted by atomic mass is 32.2. The van der Waals surface area contributed by atoms with E-state index in [4.69, 9.17) is 4.74 Å². The van der Waals surface area contributed by atoms with Gasteiger partial charge in [-0.1, -0.05) is 60.7 Å². The molecule has 1 aliphatic rings. The highest BCUT2D eigenvalue weighted by Gasteiger charge is 2.22. The quantitative estimate of drug-likeness (QED) is 0.767. The standard InChI is InChI=1S/C21H25NO2S/c23-21(22-13-16-25-19-11-14-24-15-12-19)20(17-7-3-1-4-8-17)18-9-5-2-6-10-18/h1-10,19-20H,11-16H2,(H,22,23). The molecule has 0 saturated carbocycles. The Morgan fingerprint density at radius 3 is 2.12 bits per heavy atom. The maximum Gasteiger partial charge on any atom is 0.232 e. The van der Waals surface area contributed by atoms with E-state index in [1.165, 1.54) is 0 Å². The molecule has 2 aromatic carbocycles. The third-order valence-corrected chi connectivity index (χ3v) is 5.83. The zero-order valence-electron chi connectivity index (χ0n) is 14.4. The maximum absolute atomic E-state index is 12.9. The van der Waals surface area contributed by atoms with Gasteiger partial charge in [-0.25, -0.2) is 0 Å².